The van der Waals surface area contributed by atoms with E-state index in [1.807, 2.05) is 0 Å². The van der Waals surface area contributed by atoms with Crippen molar-refractivity contribution in [2.24, 2.45) is 34.5 Å². The molecule has 4 fully saturated rings. The normalized spacial score (nSPS) is 47.5. The summed E-state index contributed by atoms with van der Waals surface area (Å²) >= 11 is 0. The molecule has 0 aliphatic heterocycles. The van der Waals surface area contributed by atoms with Crippen molar-refractivity contribution in [1.82, 2.24) is 0 Å². The lowest BCUT2D eigenvalue weighted by Gasteiger charge is -2.62. The third kappa shape index (κ3) is 4.14. The zero-order chi connectivity index (χ0) is 22.0. The fourth-order valence-corrected chi connectivity index (χ4v) is 8.37. The van der Waals surface area contributed by atoms with Crippen LogP contribution in [0.25, 0.3) is 0 Å². The van der Waals surface area contributed by atoms with Gasteiger partial charge < -0.3 is 9.84 Å². The molecule has 4 saturated carbocycles. The van der Waals surface area contributed by atoms with Gasteiger partial charge in [-0.15, -0.1) is 0 Å². The Balaban J connectivity index is 0.000000806. The Morgan fingerprint density at radius 1 is 0.867 bits per heavy atom. The van der Waals surface area contributed by atoms with Crippen LogP contribution in [0.15, 0.2) is 0 Å². The first-order valence-electron chi connectivity index (χ1n) is 13.6. The van der Waals surface area contributed by atoms with Gasteiger partial charge in [0.2, 0.25) is 0 Å². The van der Waals surface area contributed by atoms with E-state index in [1.54, 1.807) is 0 Å². The molecule has 30 heavy (non-hydrogen) atoms. The van der Waals surface area contributed by atoms with Gasteiger partial charge in [-0.2, -0.15) is 0 Å². The molecule has 0 amide bonds. The fourth-order valence-electron chi connectivity index (χ4n) is 8.37. The Kier molecular flexibility index (Phi) is 8.04. The number of ether oxygens (including phenoxy) is 1. The number of unbranched alkanes of at least 4 members (excludes halogenated alkanes) is 2. The van der Waals surface area contributed by atoms with Crippen LogP contribution in [-0.4, -0.2) is 23.4 Å². The number of aliphatic hydroxyl groups excluding tert-OH is 1. The maximum atomic E-state index is 11.3. The summed E-state index contributed by atoms with van der Waals surface area (Å²) in [7, 11) is 0. The molecule has 0 spiro atoms. The minimum absolute atomic E-state index is 0.0143. The van der Waals surface area contributed by atoms with Gasteiger partial charge in [0.25, 0.3) is 0 Å². The first-order chi connectivity index (χ1) is 14.3. The highest BCUT2D eigenvalue weighted by atomic mass is 16.5. The third-order valence-corrected chi connectivity index (χ3v) is 10.3. The van der Waals surface area contributed by atoms with Gasteiger partial charge in [0.15, 0.2) is 0 Å². The Labute approximate surface area is 187 Å². The molecular weight excluding hydrogens is 368 g/mol. The first kappa shape index (κ1) is 24.6. The maximum absolute atomic E-state index is 11.3. The van der Waals surface area contributed by atoms with E-state index in [9.17, 15) is 5.11 Å². The van der Waals surface area contributed by atoms with Crippen LogP contribution in [-0.2, 0) is 4.74 Å². The van der Waals surface area contributed by atoms with Crippen LogP contribution in [0.1, 0.15) is 125 Å². The van der Waals surface area contributed by atoms with Crippen LogP contribution in [0.4, 0.5) is 0 Å². The van der Waals surface area contributed by atoms with Gasteiger partial charge in [0.05, 0.1) is 11.7 Å². The van der Waals surface area contributed by atoms with Crippen molar-refractivity contribution in [3.63, 3.8) is 0 Å². The molecule has 1 N–H and O–H groups in total. The summed E-state index contributed by atoms with van der Waals surface area (Å²) in [6.45, 7) is 14.9. The number of rotatable bonds is 5. The van der Waals surface area contributed by atoms with Gasteiger partial charge in [-0.05, 0) is 92.8 Å². The van der Waals surface area contributed by atoms with Gasteiger partial charge >= 0.3 is 0 Å². The lowest BCUT2D eigenvalue weighted by atomic mass is 9.44. The highest BCUT2D eigenvalue weighted by Gasteiger charge is 2.65. The molecule has 4 rings (SSSR count). The van der Waals surface area contributed by atoms with Crippen molar-refractivity contribution in [2.75, 3.05) is 6.61 Å². The third-order valence-electron chi connectivity index (χ3n) is 10.3. The number of hydrogen-bond acceptors (Lipinski definition) is 2. The minimum atomic E-state index is -0.0711. The van der Waals surface area contributed by atoms with E-state index in [0.29, 0.717) is 17.3 Å². The largest absolute Gasteiger partial charge is 0.393 e. The molecular formula is C28H52O2. The number of fused-ring (bicyclic) bond motifs is 5. The van der Waals surface area contributed by atoms with Gasteiger partial charge in [-0.3, -0.25) is 0 Å². The second-order valence-corrected chi connectivity index (χ2v) is 12.0. The van der Waals surface area contributed by atoms with Crippen LogP contribution in [0.5, 0.6) is 0 Å². The summed E-state index contributed by atoms with van der Waals surface area (Å²) in [6, 6.07) is 0. The first-order valence-corrected chi connectivity index (χ1v) is 13.6. The second-order valence-electron chi connectivity index (χ2n) is 12.0. The van der Waals surface area contributed by atoms with E-state index in [1.165, 1.54) is 77.0 Å². The Morgan fingerprint density at radius 2 is 1.57 bits per heavy atom. The molecule has 0 radical (unpaired) electrons. The summed E-state index contributed by atoms with van der Waals surface area (Å²) in [4.78, 5) is 0. The molecule has 0 aromatic carbocycles. The lowest BCUT2D eigenvalue weighted by molar-refractivity contribution is -0.193. The maximum Gasteiger partial charge on any atom is 0.0710 e. The molecule has 0 bridgehead atoms. The molecule has 0 heterocycles. The standard InChI is InChI=1S/C25H44O2.C3H8/c1-5-6-9-16-27-25(4)15-12-20-22-19(11-14-24(20,25)3)23(2)13-8-7-10-18(23)17-21(22)26;1-3-2/h18-22,26H,5-17H2,1-4H3;3H2,1-2H3/t18?,19?,20?,21-,22?,23-,24-,25?;/m0./s1. The topological polar surface area (TPSA) is 29.5 Å². The Morgan fingerprint density at radius 3 is 2.27 bits per heavy atom. The summed E-state index contributed by atoms with van der Waals surface area (Å²) in [6.07, 6.45) is 16.6. The highest BCUT2D eigenvalue weighted by molar-refractivity contribution is 5.14. The van der Waals surface area contributed by atoms with E-state index < -0.39 is 0 Å². The van der Waals surface area contributed by atoms with E-state index in [0.717, 1.165) is 24.9 Å². The molecule has 8 atom stereocenters. The summed E-state index contributed by atoms with van der Waals surface area (Å²) < 4.78 is 6.63. The molecule has 5 unspecified atom stereocenters. The van der Waals surface area contributed by atoms with Crippen LogP contribution in [0, 0.1) is 34.5 Å². The molecule has 2 nitrogen and oxygen atoms in total. The van der Waals surface area contributed by atoms with E-state index in [4.69, 9.17) is 4.74 Å². The number of hydrogen-bond donors (Lipinski definition) is 1. The molecule has 0 aromatic heterocycles. The minimum Gasteiger partial charge on any atom is -0.393 e. The SMILES string of the molecule is CCC.CCCCCOC1(C)CCC2C3C(CC[C@@]21C)[C@@]1(C)CCCCC1C[C@@H]3O. The Hall–Kier alpha value is -0.0800. The van der Waals surface area contributed by atoms with Crippen LogP contribution in [0.2, 0.25) is 0 Å². The van der Waals surface area contributed by atoms with Gasteiger partial charge in [-0.25, -0.2) is 0 Å². The zero-order valence-electron chi connectivity index (χ0n) is 21.1. The van der Waals surface area contributed by atoms with Crippen molar-refractivity contribution < 1.29 is 9.84 Å². The quantitative estimate of drug-likeness (QED) is 0.460. The lowest BCUT2D eigenvalue weighted by Crippen LogP contribution is -2.59. The summed E-state index contributed by atoms with van der Waals surface area (Å²) in [5.74, 6) is 2.68. The van der Waals surface area contributed by atoms with Crippen molar-refractivity contribution in [3.8, 4) is 0 Å². The second kappa shape index (κ2) is 9.82. The summed E-state index contributed by atoms with van der Waals surface area (Å²) in [5, 5.41) is 11.3. The smallest absolute Gasteiger partial charge is 0.0710 e. The monoisotopic (exact) mass is 420 g/mol. The van der Waals surface area contributed by atoms with E-state index >= 15 is 0 Å². The average Bonchev–Trinajstić information content (AvgIpc) is 2.98. The van der Waals surface area contributed by atoms with E-state index in [2.05, 4.69) is 41.5 Å². The fraction of sp³-hybridized carbons (Fsp3) is 1.00. The average molecular weight is 421 g/mol. The summed E-state index contributed by atoms with van der Waals surface area (Å²) in [5.41, 5.74) is 0.754. The van der Waals surface area contributed by atoms with Crippen LogP contribution in [0.3, 0.4) is 0 Å². The van der Waals surface area contributed by atoms with Crippen LogP contribution >= 0.6 is 0 Å². The van der Waals surface area contributed by atoms with Crippen molar-refractivity contribution >= 4 is 0 Å². The van der Waals surface area contributed by atoms with Crippen molar-refractivity contribution in [2.45, 2.75) is 137 Å². The van der Waals surface area contributed by atoms with Crippen molar-refractivity contribution in [3.05, 3.63) is 0 Å². The number of aliphatic hydroxyl groups is 1. The van der Waals surface area contributed by atoms with Gasteiger partial charge in [-0.1, -0.05) is 66.7 Å². The predicted octanol–water partition coefficient (Wildman–Crippen LogP) is 7.77. The molecule has 2 heteroatoms. The zero-order valence-corrected chi connectivity index (χ0v) is 21.1. The Bertz CT molecular complexity index is 547. The van der Waals surface area contributed by atoms with Gasteiger partial charge in [0, 0.05) is 6.61 Å². The van der Waals surface area contributed by atoms with Crippen molar-refractivity contribution in [1.29, 1.82) is 0 Å². The molecule has 0 aromatic rings. The van der Waals surface area contributed by atoms with Crippen LogP contribution < -0.4 is 0 Å². The van der Waals surface area contributed by atoms with Gasteiger partial charge in [0.1, 0.15) is 0 Å². The molecule has 176 valence electrons. The van der Waals surface area contributed by atoms with E-state index in [-0.39, 0.29) is 17.1 Å². The predicted molar refractivity (Wildman–Crippen MR) is 128 cm³/mol. The highest BCUT2D eigenvalue weighted by Crippen LogP contribution is 2.68. The molecule has 4 aliphatic rings. The molecule has 0 saturated heterocycles. The molecule has 4 aliphatic carbocycles.